The lowest BCUT2D eigenvalue weighted by Crippen LogP contribution is -2.63. The predicted octanol–water partition coefficient (Wildman–Crippen LogP) is 0.900. The summed E-state index contributed by atoms with van der Waals surface area (Å²) in [6, 6.07) is 2.31. The van der Waals surface area contributed by atoms with Crippen LogP contribution in [0.2, 0.25) is 0 Å². The molecule has 8 atom stereocenters. The number of carboxylic acid groups (broad SMARTS) is 2. The van der Waals surface area contributed by atoms with Crippen molar-refractivity contribution in [3.8, 4) is 103 Å². The van der Waals surface area contributed by atoms with E-state index in [0.29, 0.717) is 30.3 Å². The Morgan fingerprint density at radius 1 is 0.550 bits per heavy atom. The number of aliphatic hydroxyl groups is 1. The molecule has 4 bridgehead atoms. The summed E-state index contributed by atoms with van der Waals surface area (Å²) in [5.74, 6) is -41.7. The Balaban J connectivity index is 1.30. The fourth-order valence-electron chi connectivity index (χ4n) is 9.12. The molecule has 1 fully saturated rings. The molecule has 0 spiro atoms. The van der Waals surface area contributed by atoms with E-state index in [-0.39, 0.29) is 6.07 Å². The van der Waals surface area contributed by atoms with Gasteiger partial charge in [0.25, 0.3) is 0 Å². The highest BCUT2D eigenvalue weighted by molar-refractivity contribution is 6.09. The van der Waals surface area contributed by atoms with Crippen molar-refractivity contribution >= 4 is 47.8 Å². The summed E-state index contributed by atoms with van der Waals surface area (Å²) in [6.07, 6.45) is -17.1. The molecule has 4 heterocycles. The van der Waals surface area contributed by atoms with Crippen LogP contribution >= 0.6 is 0 Å². The van der Waals surface area contributed by atoms with E-state index in [2.05, 4.69) is 0 Å². The third kappa shape index (κ3) is 8.80. The van der Waals surface area contributed by atoms with Crippen LogP contribution in [-0.4, -0.2) is 173 Å². The van der Waals surface area contributed by atoms with Gasteiger partial charge in [0.2, 0.25) is 41.1 Å². The third-order valence-corrected chi connectivity index (χ3v) is 12.8. The van der Waals surface area contributed by atoms with Gasteiger partial charge in [-0.2, -0.15) is 0 Å². The third-order valence-electron chi connectivity index (χ3n) is 12.8. The second-order valence-corrected chi connectivity index (χ2v) is 17.6. The highest BCUT2D eigenvalue weighted by Crippen LogP contribution is 2.57. The minimum absolute atomic E-state index is 0.234. The average molecular weight is 1120 g/mol. The van der Waals surface area contributed by atoms with Crippen molar-refractivity contribution in [2.24, 2.45) is 5.92 Å². The van der Waals surface area contributed by atoms with Gasteiger partial charge < -0.3 is 120 Å². The highest BCUT2D eigenvalue weighted by Gasteiger charge is 2.58. The Bertz CT molecular complexity index is 3580. The van der Waals surface area contributed by atoms with Crippen molar-refractivity contribution in [2.75, 3.05) is 6.61 Å². The monoisotopic (exact) mass is 1120 g/mol. The second-order valence-electron chi connectivity index (χ2n) is 17.6. The number of carbonyl (C=O) groups excluding carboxylic acids is 6. The zero-order valence-electron chi connectivity index (χ0n) is 39.2. The first-order chi connectivity index (χ1) is 37.6. The Morgan fingerprint density at radius 2 is 1.10 bits per heavy atom. The molecule has 0 saturated carbocycles. The summed E-state index contributed by atoms with van der Waals surface area (Å²) in [6.45, 7) is -1.43. The summed E-state index contributed by atoms with van der Waals surface area (Å²) in [5.41, 5.74) is -9.24. The Labute approximate surface area is 439 Å². The molecule has 0 radical (unpaired) electrons. The molecule has 5 aromatic carbocycles. The first kappa shape index (κ1) is 53.8. The Morgan fingerprint density at radius 3 is 1.75 bits per heavy atom. The minimum Gasteiger partial charge on any atom is -0.504 e. The molecule has 32 heteroatoms. The maximum Gasteiger partial charge on any atom is 0.341 e. The molecule has 0 amide bonds. The van der Waals surface area contributed by atoms with Gasteiger partial charge in [0.1, 0.15) is 18.3 Å². The van der Waals surface area contributed by atoms with Crippen molar-refractivity contribution in [1.29, 1.82) is 0 Å². The molecule has 32 nitrogen and oxygen atoms in total. The van der Waals surface area contributed by atoms with E-state index in [0.717, 1.165) is 0 Å². The van der Waals surface area contributed by atoms with Crippen LogP contribution < -0.4 is 9.47 Å². The number of aromatic carboxylic acids is 1. The van der Waals surface area contributed by atoms with E-state index in [1.54, 1.807) is 0 Å². The van der Waals surface area contributed by atoms with Crippen LogP contribution in [0.3, 0.4) is 0 Å². The molecular formula is C48H34O32. The molecule has 16 N–H and O–H groups in total. The van der Waals surface area contributed by atoms with Gasteiger partial charge in [-0.25, -0.2) is 28.8 Å². The molecule has 4 aliphatic rings. The molecule has 1 saturated heterocycles. The largest absolute Gasteiger partial charge is 0.504 e. The fourth-order valence-corrected chi connectivity index (χ4v) is 9.12. The van der Waals surface area contributed by atoms with Crippen molar-refractivity contribution < 1.29 is 158 Å². The molecule has 80 heavy (non-hydrogen) atoms. The van der Waals surface area contributed by atoms with E-state index >= 15 is 4.79 Å². The van der Waals surface area contributed by atoms with Gasteiger partial charge in [-0.05, 0) is 30.3 Å². The van der Waals surface area contributed by atoms with Gasteiger partial charge in [-0.3, -0.25) is 9.59 Å². The first-order valence-electron chi connectivity index (χ1n) is 22.3. The van der Waals surface area contributed by atoms with Gasteiger partial charge in [0, 0.05) is 28.7 Å². The van der Waals surface area contributed by atoms with Crippen LogP contribution in [0.25, 0.3) is 11.1 Å². The molecule has 0 aliphatic carbocycles. The lowest BCUT2D eigenvalue weighted by atomic mass is 9.76. The number of aliphatic carboxylic acids is 1. The van der Waals surface area contributed by atoms with Gasteiger partial charge in [0.15, 0.2) is 81.6 Å². The van der Waals surface area contributed by atoms with Crippen molar-refractivity contribution in [2.45, 2.75) is 49.1 Å². The summed E-state index contributed by atoms with van der Waals surface area (Å²) < 4.78 is 44.5. The smallest absolute Gasteiger partial charge is 0.341 e. The van der Waals surface area contributed by atoms with Crippen LogP contribution in [0.4, 0.5) is 0 Å². The molecule has 0 unspecified atom stereocenters. The zero-order chi connectivity index (χ0) is 58.4. The van der Waals surface area contributed by atoms with E-state index in [4.69, 9.17) is 37.9 Å². The number of phenolic OH excluding ortho intramolecular Hbond substituents is 13. The molecule has 418 valence electrons. The maximum absolute atomic E-state index is 15.1. The van der Waals surface area contributed by atoms with Gasteiger partial charge >= 0.3 is 47.8 Å². The Kier molecular flexibility index (Phi) is 13.1. The number of carbonyl (C=O) groups is 8. The SMILES string of the molecule is O=C(O)C[C@@H]1C(=O)O[C@@H]2[C@H]3OC(=O)c4cc(O)c(Oc5c(C(=O)O)cc(O)c(O)c5O)c(O)c4-c4c(cc(O)c(O)c4O)C(=O)OC[C@@H]2O[C@H](OC(=O)c2cc(O)c(O)c(O)c2)[C@H]3OC(=O)c2cc(O)c(O)c3c2[C@@H]1[C@H](O)C(=O)O3. The average Bonchev–Trinajstić information content (AvgIpc) is 3.40. The number of ether oxygens (including phenoxy) is 8. The number of phenols is 13. The van der Waals surface area contributed by atoms with Gasteiger partial charge in [0.05, 0.1) is 34.6 Å². The quantitative estimate of drug-likeness (QED) is 0.0466. The molecular weight excluding hydrogens is 1090 g/mol. The lowest BCUT2D eigenvalue weighted by Gasteiger charge is -2.44. The highest BCUT2D eigenvalue weighted by atomic mass is 16.7. The van der Waals surface area contributed by atoms with Crippen LogP contribution in [-0.2, 0) is 42.8 Å². The molecule has 4 aliphatic heterocycles. The number of fused-ring (bicyclic) bond motifs is 3. The molecule has 5 aromatic rings. The minimum atomic E-state index is -2.72. The van der Waals surface area contributed by atoms with Crippen molar-refractivity contribution in [3.63, 3.8) is 0 Å². The summed E-state index contributed by atoms with van der Waals surface area (Å²) in [7, 11) is 0. The maximum atomic E-state index is 15.1. The standard InChI is InChI=1S/C48H34O32/c49-15-1-9(2-16(50)27(15)57)42(67)80-48-40-39-37(76-46(71)13(7-22(55)56)25-26-12(45(70)79-40)4-19(53)30(60)38(26)77-47(72)33(25)63)21(74-48)8-73-43(68)10-3-17(51)28(58)31(61)23(10)24-11(44(69)78-39)5-20(54)36(32(24)62)75-35-14(41(65)66)6-18(52)29(59)34(35)64/h1-6,13,21,25,33,37,39-40,48-54,57-64H,7-8H2,(H,55,56)(H,65,66)/t13-,21-,25+,33-,37-,39+,40-,48+/m0/s1. The van der Waals surface area contributed by atoms with E-state index in [1.165, 1.54) is 0 Å². The molecule has 9 rings (SSSR count). The first-order valence-corrected chi connectivity index (χ1v) is 22.3. The lowest BCUT2D eigenvalue weighted by molar-refractivity contribution is -0.287. The summed E-state index contributed by atoms with van der Waals surface area (Å²) >= 11 is 0. The van der Waals surface area contributed by atoms with Crippen LogP contribution in [0.1, 0.15) is 69.7 Å². The van der Waals surface area contributed by atoms with Crippen LogP contribution in [0.15, 0.2) is 36.4 Å². The van der Waals surface area contributed by atoms with Crippen LogP contribution in [0, 0.1) is 5.92 Å². The number of hydrogen-bond donors (Lipinski definition) is 16. The van der Waals surface area contributed by atoms with E-state index in [9.17, 15) is 115 Å². The number of esters is 6. The molecule has 0 aromatic heterocycles. The summed E-state index contributed by atoms with van der Waals surface area (Å²) in [5, 5.41) is 171. The number of hydrogen-bond acceptors (Lipinski definition) is 30. The Hall–Kier alpha value is -11.0. The second kappa shape index (κ2) is 19.5. The number of carboxylic acids is 2. The normalized spacial score (nSPS) is 22.3. The van der Waals surface area contributed by atoms with E-state index in [1.807, 2.05) is 0 Å². The fraction of sp³-hybridized carbons (Fsp3) is 0.208. The van der Waals surface area contributed by atoms with E-state index < -0.39 is 246 Å². The van der Waals surface area contributed by atoms with Crippen LogP contribution in [0.5, 0.6) is 92.0 Å². The number of benzene rings is 5. The van der Waals surface area contributed by atoms with Gasteiger partial charge in [-0.1, -0.05) is 0 Å². The number of aromatic hydroxyl groups is 13. The summed E-state index contributed by atoms with van der Waals surface area (Å²) in [4.78, 5) is 111. The number of rotatable bonds is 7. The predicted molar refractivity (Wildman–Crippen MR) is 243 cm³/mol. The topological polar surface area (TPSA) is 534 Å². The van der Waals surface area contributed by atoms with Crippen molar-refractivity contribution in [1.82, 2.24) is 0 Å². The zero-order valence-corrected chi connectivity index (χ0v) is 39.2. The number of cyclic esters (lactones) is 1. The number of aliphatic hydroxyl groups excluding tert-OH is 1. The van der Waals surface area contributed by atoms with Gasteiger partial charge in [-0.15, -0.1) is 0 Å². The van der Waals surface area contributed by atoms with Crippen molar-refractivity contribution in [3.05, 3.63) is 69.8 Å².